The Morgan fingerprint density at radius 2 is 1.75 bits per heavy atom. The molecule has 0 saturated heterocycles. The molecule has 3 N–H and O–H groups in total. The molecule has 0 radical (unpaired) electrons. The van der Waals surface area contributed by atoms with Gasteiger partial charge in [-0.15, -0.1) is 0 Å². The Balaban J connectivity index is 1.55. The summed E-state index contributed by atoms with van der Waals surface area (Å²) in [5, 5.41) is 13.1. The number of anilines is 1. The minimum Gasteiger partial charge on any atom is -0.439 e. The molecule has 8 nitrogen and oxygen atoms in total. The number of nitrogens with one attached hydrogen (secondary N) is 1. The van der Waals surface area contributed by atoms with E-state index in [1.165, 1.54) is 12.1 Å². The first-order valence-electron chi connectivity index (χ1n) is 9.23. The maximum absolute atomic E-state index is 12.6. The summed E-state index contributed by atoms with van der Waals surface area (Å²) >= 11 is 0. The van der Waals surface area contributed by atoms with Gasteiger partial charge < -0.3 is 15.8 Å². The Kier molecular flexibility index (Phi) is 6.69. The number of carbonyl (C=O) groups is 1. The van der Waals surface area contributed by atoms with E-state index in [1.807, 2.05) is 0 Å². The van der Waals surface area contributed by atoms with E-state index in [0.29, 0.717) is 5.75 Å². The van der Waals surface area contributed by atoms with Crippen LogP contribution in [0, 0.1) is 10.1 Å². The molecule has 3 rings (SSSR count). The topological polar surface area (TPSA) is 120 Å². The normalized spacial score (nSPS) is 12.1. The van der Waals surface area contributed by atoms with Gasteiger partial charge in [0.25, 0.3) is 5.69 Å². The number of aromatic nitrogens is 1. The number of nitrogens with zero attached hydrogens (tertiary/aromatic N) is 2. The van der Waals surface area contributed by atoms with E-state index in [1.54, 1.807) is 24.3 Å². The van der Waals surface area contributed by atoms with Crippen molar-refractivity contribution in [2.24, 2.45) is 5.73 Å². The van der Waals surface area contributed by atoms with Crippen LogP contribution in [-0.4, -0.2) is 21.9 Å². The van der Waals surface area contributed by atoms with Gasteiger partial charge in [0.15, 0.2) is 0 Å². The molecule has 0 spiro atoms. The number of alkyl halides is 3. The summed E-state index contributed by atoms with van der Waals surface area (Å²) < 4.78 is 43.3. The standard InChI is InChI=1S/C21H17F3N4O4/c22-21(23,24)14-3-5-15(6-4-14)27-20(29)18(25)11-13-1-8-17(9-2-13)32-19-10-7-16(12-26-19)28(30)31/h1-10,12,18H,11,25H2,(H,27,29)/t18-/m0/s1. The van der Waals surface area contributed by atoms with E-state index in [2.05, 4.69) is 10.3 Å². The highest BCUT2D eigenvalue weighted by molar-refractivity contribution is 5.94. The van der Waals surface area contributed by atoms with Gasteiger partial charge in [-0.05, 0) is 48.4 Å². The van der Waals surface area contributed by atoms with Crippen LogP contribution < -0.4 is 15.8 Å². The molecule has 2 aromatic carbocycles. The Hall–Kier alpha value is -3.99. The first-order chi connectivity index (χ1) is 15.1. The third kappa shape index (κ3) is 6.01. The van der Waals surface area contributed by atoms with Gasteiger partial charge in [-0.25, -0.2) is 4.98 Å². The molecule has 0 saturated carbocycles. The van der Waals surface area contributed by atoms with Gasteiger partial charge in [-0.3, -0.25) is 14.9 Å². The quantitative estimate of drug-likeness (QED) is 0.412. The molecule has 0 aliphatic heterocycles. The Morgan fingerprint density at radius 1 is 1.09 bits per heavy atom. The predicted molar refractivity (Wildman–Crippen MR) is 109 cm³/mol. The maximum Gasteiger partial charge on any atom is 0.416 e. The van der Waals surface area contributed by atoms with Crippen LogP contribution in [0.2, 0.25) is 0 Å². The lowest BCUT2D eigenvalue weighted by Gasteiger charge is -2.13. The number of ether oxygens (including phenoxy) is 1. The molecule has 0 unspecified atom stereocenters. The lowest BCUT2D eigenvalue weighted by Crippen LogP contribution is -2.37. The van der Waals surface area contributed by atoms with Crippen molar-refractivity contribution in [3.63, 3.8) is 0 Å². The van der Waals surface area contributed by atoms with Crippen LogP contribution in [0.1, 0.15) is 11.1 Å². The molecule has 1 atom stereocenters. The fourth-order valence-electron chi connectivity index (χ4n) is 2.68. The van der Waals surface area contributed by atoms with E-state index in [0.717, 1.165) is 36.0 Å². The fourth-order valence-corrected chi connectivity index (χ4v) is 2.68. The van der Waals surface area contributed by atoms with Gasteiger partial charge in [0.2, 0.25) is 11.8 Å². The molecule has 1 heterocycles. The summed E-state index contributed by atoms with van der Waals surface area (Å²) in [5.74, 6) is 0.0639. The molecule has 166 valence electrons. The number of nitro groups is 1. The van der Waals surface area contributed by atoms with E-state index >= 15 is 0 Å². The summed E-state index contributed by atoms with van der Waals surface area (Å²) in [6, 6.07) is 12.4. The average Bonchev–Trinajstić information content (AvgIpc) is 2.75. The second-order valence-electron chi connectivity index (χ2n) is 6.73. The molecule has 0 bridgehead atoms. The van der Waals surface area contributed by atoms with Crippen molar-refractivity contribution in [3.8, 4) is 11.6 Å². The van der Waals surface area contributed by atoms with Crippen LogP contribution in [0.25, 0.3) is 0 Å². The van der Waals surface area contributed by atoms with Crippen molar-refractivity contribution >= 4 is 17.3 Å². The van der Waals surface area contributed by atoms with Crippen molar-refractivity contribution in [1.29, 1.82) is 0 Å². The Labute approximate surface area is 180 Å². The number of pyridine rings is 1. The molecule has 3 aromatic rings. The SMILES string of the molecule is N[C@@H](Cc1ccc(Oc2ccc([N+](=O)[O-])cn2)cc1)C(=O)Nc1ccc(C(F)(F)F)cc1. The maximum atomic E-state index is 12.6. The zero-order chi connectivity index (χ0) is 23.3. The average molecular weight is 446 g/mol. The molecular weight excluding hydrogens is 429 g/mol. The van der Waals surface area contributed by atoms with Crippen LogP contribution in [-0.2, 0) is 17.4 Å². The van der Waals surface area contributed by atoms with Gasteiger partial charge >= 0.3 is 6.18 Å². The van der Waals surface area contributed by atoms with Crippen LogP contribution >= 0.6 is 0 Å². The van der Waals surface area contributed by atoms with Crippen LogP contribution in [0.5, 0.6) is 11.6 Å². The minimum atomic E-state index is -4.46. The zero-order valence-electron chi connectivity index (χ0n) is 16.4. The van der Waals surface area contributed by atoms with E-state index in [4.69, 9.17) is 10.5 Å². The lowest BCUT2D eigenvalue weighted by atomic mass is 10.1. The molecule has 1 amide bonds. The molecule has 11 heteroatoms. The molecule has 0 aliphatic rings. The van der Waals surface area contributed by atoms with Gasteiger partial charge in [0.05, 0.1) is 16.5 Å². The minimum absolute atomic E-state index is 0.156. The summed E-state index contributed by atoms with van der Waals surface area (Å²) in [6.45, 7) is 0. The van der Waals surface area contributed by atoms with Gasteiger partial charge in [0, 0.05) is 17.8 Å². The number of hydrogen-bond acceptors (Lipinski definition) is 6. The van der Waals surface area contributed by atoms with Gasteiger partial charge in [-0.2, -0.15) is 13.2 Å². The predicted octanol–water partition coefficient (Wildman–Crippen LogP) is 4.31. The number of nitrogens with two attached hydrogens (primary N) is 1. The van der Waals surface area contributed by atoms with Crippen molar-refractivity contribution in [2.75, 3.05) is 5.32 Å². The number of carbonyl (C=O) groups excluding carboxylic acids is 1. The third-order valence-corrected chi connectivity index (χ3v) is 4.35. The van der Waals surface area contributed by atoms with Crippen LogP contribution in [0.3, 0.4) is 0 Å². The van der Waals surface area contributed by atoms with Gasteiger partial charge in [0.1, 0.15) is 11.9 Å². The Morgan fingerprint density at radius 3 is 2.28 bits per heavy atom. The first-order valence-corrected chi connectivity index (χ1v) is 9.23. The smallest absolute Gasteiger partial charge is 0.416 e. The Bertz CT molecular complexity index is 1090. The fraction of sp³-hybridized carbons (Fsp3) is 0.143. The summed E-state index contributed by atoms with van der Waals surface area (Å²) in [7, 11) is 0. The van der Waals surface area contributed by atoms with Crippen LogP contribution in [0.4, 0.5) is 24.5 Å². The van der Waals surface area contributed by atoms with E-state index in [9.17, 15) is 28.1 Å². The molecule has 0 aliphatic carbocycles. The highest BCUT2D eigenvalue weighted by atomic mass is 19.4. The molecule has 32 heavy (non-hydrogen) atoms. The number of rotatable bonds is 7. The number of hydrogen-bond donors (Lipinski definition) is 2. The largest absolute Gasteiger partial charge is 0.439 e. The van der Waals surface area contributed by atoms with Crippen LogP contribution in [0.15, 0.2) is 66.9 Å². The van der Waals surface area contributed by atoms with E-state index < -0.39 is 28.6 Å². The summed E-state index contributed by atoms with van der Waals surface area (Å²) in [5.41, 5.74) is 5.87. The number of halogens is 3. The highest BCUT2D eigenvalue weighted by Gasteiger charge is 2.30. The number of amides is 1. The molecule has 1 aromatic heterocycles. The van der Waals surface area contributed by atoms with Crippen molar-refractivity contribution in [3.05, 3.63) is 88.1 Å². The highest BCUT2D eigenvalue weighted by Crippen LogP contribution is 2.30. The second kappa shape index (κ2) is 9.43. The number of benzene rings is 2. The van der Waals surface area contributed by atoms with Crippen molar-refractivity contribution in [2.45, 2.75) is 18.6 Å². The van der Waals surface area contributed by atoms with Crippen molar-refractivity contribution in [1.82, 2.24) is 4.98 Å². The van der Waals surface area contributed by atoms with E-state index in [-0.39, 0.29) is 23.7 Å². The molecule has 0 fully saturated rings. The third-order valence-electron chi connectivity index (χ3n) is 4.35. The van der Waals surface area contributed by atoms with Crippen molar-refractivity contribution < 1.29 is 27.6 Å². The zero-order valence-corrected chi connectivity index (χ0v) is 16.4. The summed E-state index contributed by atoms with van der Waals surface area (Å²) in [6.07, 6.45) is -3.19. The van der Waals surface area contributed by atoms with Gasteiger partial charge in [-0.1, -0.05) is 12.1 Å². The molecular formula is C21H17F3N4O4. The lowest BCUT2D eigenvalue weighted by molar-refractivity contribution is -0.385. The first kappa shape index (κ1) is 22.7. The summed E-state index contributed by atoms with van der Waals surface area (Å²) in [4.78, 5) is 26.2. The monoisotopic (exact) mass is 446 g/mol. The second-order valence-corrected chi connectivity index (χ2v) is 6.73.